The van der Waals surface area contributed by atoms with Crippen LogP contribution in [-0.2, 0) is 0 Å². The Morgan fingerprint density at radius 3 is 2.70 bits per heavy atom. The van der Waals surface area contributed by atoms with Crippen molar-refractivity contribution in [3.8, 4) is 0 Å². The maximum atomic E-state index is 5.08. The summed E-state index contributed by atoms with van der Waals surface area (Å²) in [6.45, 7) is 5.97. The summed E-state index contributed by atoms with van der Waals surface area (Å²) >= 11 is 0. The molecule has 2 fully saturated rings. The van der Waals surface area contributed by atoms with E-state index in [4.69, 9.17) is 4.98 Å². The molecular formula is C23H32N4. The van der Waals surface area contributed by atoms with Crippen LogP contribution in [-0.4, -0.2) is 47.2 Å². The molecule has 2 aliphatic heterocycles. The maximum absolute atomic E-state index is 5.08. The van der Waals surface area contributed by atoms with E-state index >= 15 is 0 Å². The SMILES string of the molecule is C1=CCC(CN2CCC(n3c(C4CCNC4)nc4ccccc43)CC2)CC1. The van der Waals surface area contributed by atoms with Gasteiger partial charge >= 0.3 is 0 Å². The van der Waals surface area contributed by atoms with Crippen molar-refractivity contribution in [2.75, 3.05) is 32.7 Å². The predicted molar refractivity (Wildman–Crippen MR) is 111 cm³/mol. The average Bonchev–Trinajstić information content (AvgIpc) is 3.37. The molecular weight excluding hydrogens is 332 g/mol. The highest BCUT2D eigenvalue weighted by Crippen LogP contribution is 2.34. The van der Waals surface area contributed by atoms with Crippen LogP contribution in [0.1, 0.15) is 56.3 Å². The van der Waals surface area contributed by atoms with Gasteiger partial charge in [0.1, 0.15) is 5.82 Å². The van der Waals surface area contributed by atoms with E-state index in [0.29, 0.717) is 12.0 Å². The molecule has 4 heteroatoms. The molecule has 1 N–H and O–H groups in total. The Morgan fingerprint density at radius 1 is 1.04 bits per heavy atom. The van der Waals surface area contributed by atoms with Gasteiger partial charge in [-0.2, -0.15) is 0 Å². The number of allylic oxidation sites excluding steroid dienone is 2. The molecule has 2 unspecified atom stereocenters. The molecule has 0 amide bonds. The summed E-state index contributed by atoms with van der Waals surface area (Å²) in [7, 11) is 0. The van der Waals surface area contributed by atoms with Gasteiger partial charge in [-0.25, -0.2) is 4.98 Å². The third-order valence-electron chi connectivity index (χ3n) is 6.86. The fraction of sp³-hybridized carbons (Fsp3) is 0.609. The molecule has 2 saturated heterocycles. The first-order chi connectivity index (χ1) is 13.4. The molecule has 0 radical (unpaired) electrons. The van der Waals surface area contributed by atoms with Gasteiger partial charge in [-0.1, -0.05) is 24.3 Å². The number of nitrogens with one attached hydrogen (secondary N) is 1. The van der Waals surface area contributed by atoms with Gasteiger partial charge in [-0.05, 0) is 63.1 Å². The van der Waals surface area contributed by atoms with E-state index in [-0.39, 0.29) is 0 Å². The van der Waals surface area contributed by atoms with Crippen LogP contribution in [0.3, 0.4) is 0 Å². The highest BCUT2D eigenvalue weighted by molar-refractivity contribution is 5.76. The fourth-order valence-corrected chi connectivity index (χ4v) is 5.36. The number of hydrogen-bond donors (Lipinski definition) is 1. The summed E-state index contributed by atoms with van der Waals surface area (Å²) in [5.41, 5.74) is 2.52. The zero-order valence-electron chi connectivity index (χ0n) is 16.3. The van der Waals surface area contributed by atoms with Crippen molar-refractivity contribution in [1.29, 1.82) is 0 Å². The van der Waals surface area contributed by atoms with Gasteiger partial charge in [0.25, 0.3) is 0 Å². The van der Waals surface area contributed by atoms with Crippen LogP contribution in [0.25, 0.3) is 11.0 Å². The second-order valence-corrected chi connectivity index (χ2v) is 8.70. The van der Waals surface area contributed by atoms with E-state index in [0.717, 1.165) is 19.0 Å². The van der Waals surface area contributed by atoms with Gasteiger partial charge in [-0.15, -0.1) is 0 Å². The lowest BCUT2D eigenvalue weighted by Gasteiger charge is -2.36. The molecule has 0 saturated carbocycles. The van der Waals surface area contributed by atoms with E-state index in [2.05, 4.69) is 51.2 Å². The molecule has 5 rings (SSSR count). The molecule has 3 aliphatic rings. The van der Waals surface area contributed by atoms with Gasteiger partial charge < -0.3 is 14.8 Å². The predicted octanol–water partition coefficient (Wildman–Crippen LogP) is 4.11. The summed E-state index contributed by atoms with van der Waals surface area (Å²) in [5, 5.41) is 3.53. The number of piperidine rings is 1. The first-order valence-electron chi connectivity index (χ1n) is 10.9. The minimum atomic E-state index is 0.574. The maximum Gasteiger partial charge on any atom is 0.114 e. The topological polar surface area (TPSA) is 33.1 Å². The van der Waals surface area contributed by atoms with Gasteiger partial charge in [0, 0.05) is 38.1 Å². The van der Waals surface area contributed by atoms with E-state index < -0.39 is 0 Å². The van der Waals surface area contributed by atoms with Crippen molar-refractivity contribution in [3.05, 3.63) is 42.2 Å². The molecule has 4 nitrogen and oxygen atoms in total. The van der Waals surface area contributed by atoms with E-state index in [1.54, 1.807) is 0 Å². The third-order valence-corrected chi connectivity index (χ3v) is 6.86. The first-order valence-corrected chi connectivity index (χ1v) is 10.9. The Kier molecular flexibility index (Phi) is 5.02. The lowest BCUT2D eigenvalue weighted by Crippen LogP contribution is -2.38. The van der Waals surface area contributed by atoms with Crippen molar-refractivity contribution in [3.63, 3.8) is 0 Å². The Labute approximate surface area is 162 Å². The Balaban J connectivity index is 1.33. The summed E-state index contributed by atoms with van der Waals surface area (Å²) in [5.74, 6) is 2.78. The summed E-state index contributed by atoms with van der Waals surface area (Å²) in [4.78, 5) is 7.80. The molecule has 0 bridgehead atoms. The average molecular weight is 365 g/mol. The normalized spacial score (nSPS) is 27.6. The summed E-state index contributed by atoms with van der Waals surface area (Å²) in [6, 6.07) is 9.36. The molecule has 1 aromatic heterocycles. The number of likely N-dealkylation sites (tertiary alicyclic amines) is 1. The number of rotatable bonds is 4. The smallest absolute Gasteiger partial charge is 0.114 e. The number of nitrogens with zero attached hydrogens (tertiary/aromatic N) is 3. The summed E-state index contributed by atoms with van der Waals surface area (Å²) in [6.07, 6.45) is 12.4. The Bertz CT molecular complexity index is 794. The molecule has 2 aromatic rings. The molecule has 2 atom stereocenters. The van der Waals surface area contributed by atoms with Crippen LogP contribution < -0.4 is 5.32 Å². The van der Waals surface area contributed by atoms with Crippen molar-refractivity contribution in [2.24, 2.45) is 5.92 Å². The van der Waals surface area contributed by atoms with E-state index in [1.165, 1.54) is 75.0 Å². The first kappa shape index (κ1) is 17.4. The van der Waals surface area contributed by atoms with Crippen molar-refractivity contribution in [2.45, 2.75) is 50.5 Å². The number of para-hydroxylation sites is 2. The zero-order chi connectivity index (χ0) is 18.1. The van der Waals surface area contributed by atoms with Gasteiger partial charge in [0.2, 0.25) is 0 Å². The molecule has 3 heterocycles. The highest BCUT2D eigenvalue weighted by Gasteiger charge is 2.29. The van der Waals surface area contributed by atoms with E-state index in [9.17, 15) is 0 Å². The minimum absolute atomic E-state index is 0.574. The van der Waals surface area contributed by atoms with Crippen molar-refractivity contribution in [1.82, 2.24) is 19.8 Å². The van der Waals surface area contributed by atoms with Gasteiger partial charge in [0.05, 0.1) is 11.0 Å². The molecule has 0 spiro atoms. The fourth-order valence-electron chi connectivity index (χ4n) is 5.36. The minimum Gasteiger partial charge on any atom is -0.324 e. The van der Waals surface area contributed by atoms with Crippen LogP contribution in [0.4, 0.5) is 0 Å². The number of benzene rings is 1. The second-order valence-electron chi connectivity index (χ2n) is 8.70. The van der Waals surface area contributed by atoms with Crippen LogP contribution in [0.5, 0.6) is 0 Å². The molecule has 1 aliphatic carbocycles. The molecule has 144 valence electrons. The van der Waals surface area contributed by atoms with Gasteiger partial charge in [0.15, 0.2) is 0 Å². The van der Waals surface area contributed by atoms with Crippen LogP contribution in [0.15, 0.2) is 36.4 Å². The van der Waals surface area contributed by atoms with Crippen molar-refractivity contribution >= 4 is 11.0 Å². The molecule has 1 aromatic carbocycles. The third kappa shape index (κ3) is 3.57. The molecule has 27 heavy (non-hydrogen) atoms. The van der Waals surface area contributed by atoms with Crippen LogP contribution in [0, 0.1) is 5.92 Å². The summed E-state index contributed by atoms with van der Waals surface area (Å²) < 4.78 is 2.62. The zero-order valence-corrected chi connectivity index (χ0v) is 16.3. The standard InChI is InChI=1S/C23H32N4/c1-2-6-18(7-3-1)17-26-14-11-20(12-15-26)27-22-9-5-4-8-21(22)25-23(27)19-10-13-24-16-19/h1-2,4-5,8-9,18-20,24H,3,6-7,10-17H2. The lowest BCUT2D eigenvalue weighted by atomic mass is 9.93. The van der Waals surface area contributed by atoms with E-state index in [1.807, 2.05) is 0 Å². The quantitative estimate of drug-likeness (QED) is 0.829. The lowest BCUT2D eigenvalue weighted by molar-refractivity contribution is 0.158. The van der Waals surface area contributed by atoms with Crippen molar-refractivity contribution < 1.29 is 0 Å². The Hall–Kier alpha value is -1.65. The number of aromatic nitrogens is 2. The highest BCUT2D eigenvalue weighted by atomic mass is 15.2. The largest absolute Gasteiger partial charge is 0.324 e. The number of imidazole rings is 1. The van der Waals surface area contributed by atoms with Crippen LogP contribution in [0.2, 0.25) is 0 Å². The number of fused-ring (bicyclic) bond motifs is 1. The van der Waals surface area contributed by atoms with Gasteiger partial charge in [-0.3, -0.25) is 0 Å². The number of hydrogen-bond acceptors (Lipinski definition) is 3. The monoisotopic (exact) mass is 364 g/mol. The second kappa shape index (κ2) is 7.76. The Morgan fingerprint density at radius 2 is 1.93 bits per heavy atom. The van der Waals surface area contributed by atoms with Crippen LogP contribution >= 0.6 is 0 Å².